The molecule has 1 amide bonds. The average Bonchev–Trinajstić information content (AvgIpc) is 2.56. The van der Waals surface area contributed by atoms with Gasteiger partial charge in [0.1, 0.15) is 4.90 Å². The van der Waals surface area contributed by atoms with Crippen LogP contribution in [0, 0.1) is 6.92 Å². The van der Waals surface area contributed by atoms with Gasteiger partial charge < -0.3 is 4.90 Å². The SMILES string of the molecule is CC(=O)N1CCc2ccc(NS(=O)(=O)c3cc(C)c(Cl)cc3Cl)cc2C1. The van der Waals surface area contributed by atoms with Crippen molar-refractivity contribution >= 4 is 44.8 Å². The Morgan fingerprint density at radius 1 is 1.12 bits per heavy atom. The molecule has 0 aliphatic carbocycles. The highest BCUT2D eigenvalue weighted by Crippen LogP contribution is 2.30. The molecule has 0 radical (unpaired) electrons. The third-order valence-corrected chi connectivity index (χ3v) is 6.67. The fourth-order valence-corrected chi connectivity index (χ4v) is 4.82. The van der Waals surface area contributed by atoms with Crippen LogP contribution in [0.25, 0.3) is 0 Å². The first kappa shape index (κ1) is 19.0. The van der Waals surface area contributed by atoms with E-state index in [4.69, 9.17) is 23.2 Å². The highest BCUT2D eigenvalue weighted by atomic mass is 35.5. The first-order valence-corrected chi connectivity index (χ1v) is 10.3. The Bertz CT molecular complexity index is 990. The molecule has 0 saturated heterocycles. The monoisotopic (exact) mass is 412 g/mol. The fourth-order valence-electron chi connectivity index (χ4n) is 2.94. The van der Waals surface area contributed by atoms with Crippen molar-refractivity contribution in [3.05, 3.63) is 57.1 Å². The van der Waals surface area contributed by atoms with Crippen LogP contribution in [0.2, 0.25) is 10.0 Å². The number of benzene rings is 2. The molecular formula is C18H18Cl2N2O3S. The minimum Gasteiger partial charge on any atom is -0.338 e. The summed E-state index contributed by atoms with van der Waals surface area (Å²) in [5, 5.41) is 0.473. The number of rotatable bonds is 3. The predicted octanol–water partition coefficient (Wildman–Crippen LogP) is 4.01. The summed E-state index contributed by atoms with van der Waals surface area (Å²) in [6.07, 6.45) is 0.754. The molecular weight excluding hydrogens is 395 g/mol. The lowest BCUT2D eigenvalue weighted by atomic mass is 9.99. The summed E-state index contributed by atoms with van der Waals surface area (Å²) < 4.78 is 28.0. The summed E-state index contributed by atoms with van der Waals surface area (Å²) in [6, 6.07) is 8.24. The maximum absolute atomic E-state index is 12.7. The van der Waals surface area contributed by atoms with E-state index in [-0.39, 0.29) is 15.8 Å². The molecule has 8 heteroatoms. The second kappa shape index (κ2) is 7.10. The molecule has 0 atom stereocenters. The lowest BCUT2D eigenvalue weighted by Gasteiger charge is -2.28. The van der Waals surface area contributed by atoms with Gasteiger partial charge in [0, 0.05) is 30.7 Å². The molecule has 0 aromatic heterocycles. The number of carbonyl (C=O) groups excluding carboxylic acids is 1. The number of hydrogen-bond acceptors (Lipinski definition) is 3. The molecule has 2 aromatic carbocycles. The molecule has 1 aliphatic rings. The Morgan fingerprint density at radius 3 is 2.54 bits per heavy atom. The zero-order chi connectivity index (χ0) is 19.1. The molecule has 0 unspecified atom stereocenters. The third kappa shape index (κ3) is 3.82. The lowest BCUT2D eigenvalue weighted by molar-refractivity contribution is -0.129. The van der Waals surface area contributed by atoms with Crippen molar-refractivity contribution in [2.75, 3.05) is 11.3 Å². The molecule has 0 spiro atoms. The number of fused-ring (bicyclic) bond motifs is 1. The summed E-state index contributed by atoms with van der Waals surface area (Å²) >= 11 is 12.1. The van der Waals surface area contributed by atoms with Crippen LogP contribution in [0.1, 0.15) is 23.6 Å². The number of nitrogens with one attached hydrogen (secondary N) is 1. The van der Waals surface area contributed by atoms with Gasteiger partial charge in [-0.2, -0.15) is 0 Å². The van der Waals surface area contributed by atoms with Crippen LogP contribution < -0.4 is 4.72 Å². The Kier molecular flexibility index (Phi) is 5.19. The van der Waals surface area contributed by atoms with Crippen LogP contribution in [0.4, 0.5) is 5.69 Å². The van der Waals surface area contributed by atoms with Gasteiger partial charge in [-0.1, -0.05) is 29.3 Å². The second-order valence-corrected chi connectivity index (χ2v) is 8.78. The fraction of sp³-hybridized carbons (Fsp3) is 0.278. The highest BCUT2D eigenvalue weighted by molar-refractivity contribution is 7.92. The molecule has 0 bridgehead atoms. The van der Waals surface area contributed by atoms with Gasteiger partial charge in [0.05, 0.1) is 5.02 Å². The molecule has 0 saturated carbocycles. The van der Waals surface area contributed by atoms with Gasteiger partial charge in [-0.15, -0.1) is 0 Å². The van der Waals surface area contributed by atoms with Gasteiger partial charge in [0.25, 0.3) is 10.0 Å². The summed E-state index contributed by atoms with van der Waals surface area (Å²) in [5.74, 6) is 0.00468. The number of amides is 1. The topological polar surface area (TPSA) is 66.5 Å². The Morgan fingerprint density at radius 2 is 1.85 bits per heavy atom. The number of halogens is 2. The third-order valence-electron chi connectivity index (χ3n) is 4.42. The molecule has 0 fully saturated rings. The molecule has 3 rings (SSSR count). The van der Waals surface area contributed by atoms with Crippen LogP contribution in [-0.4, -0.2) is 25.8 Å². The normalized spacial score (nSPS) is 14.1. The number of aryl methyl sites for hydroxylation is 1. The quantitative estimate of drug-likeness (QED) is 0.827. The van der Waals surface area contributed by atoms with E-state index >= 15 is 0 Å². The van der Waals surface area contributed by atoms with Crippen LogP contribution in [-0.2, 0) is 27.8 Å². The van der Waals surface area contributed by atoms with Crippen molar-refractivity contribution < 1.29 is 13.2 Å². The van der Waals surface area contributed by atoms with Crippen LogP contribution >= 0.6 is 23.2 Å². The number of anilines is 1. The van der Waals surface area contributed by atoms with E-state index in [0.29, 0.717) is 29.4 Å². The van der Waals surface area contributed by atoms with Gasteiger partial charge in [-0.05, 0) is 54.3 Å². The maximum atomic E-state index is 12.7. The van der Waals surface area contributed by atoms with E-state index in [1.165, 1.54) is 19.1 Å². The molecule has 2 aromatic rings. The summed E-state index contributed by atoms with van der Waals surface area (Å²) in [7, 11) is -3.86. The second-order valence-electron chi connectivity index (χ2n) is 6.31. The van der Waals surface area contributed by atoms with Crippen molar-refractivity contribution in [3.63, 3.8) is 0 Å². The Hall–Kier alpha value is -1.76. The Balaban J connectivity index is 1.91. The highest BCUT2D eigenvalue weighted by Gasteiger charge is 2.22. The van der Waals surface area contributed by atoms with Crippen LogP contribution in [0.15, 0.2) is 35.2 Å². The van der Waals surface area contributed by atoms with Crippen molar-refractivity contribution in [3.8, 4) is 0 Å². The predicted molar refractivity (Wildman–Crippen MR) is 103 cm³/mol. The first-order chi connectivity index (χ1) is 12.2. The number of carbonyl (C=O) groups is 1. The maximum Gasteiger partial charge on any atom is 0.263 e. The van der Waals surface area contributed by atoms with Crippen LogP contribution in [0.5, 0.6) is 0 Å². The van der Waals surface area contributed by atoms with Gasteiger partial charge in [-0.3, -0.25) is 9.52 Å². The summed E-state index contributed by atoms with van der Waals surface area (Å²) in [6.45, 7) is 4.39. The van der Waals surface area contributed by atoms with Crippen LogP contribution in [0.3, 0.4) is 0 Å². The van der Waals surface area contributed by atoms with Crippen molar-refractivity contribution in [2.24, 2.45) is 0 Å². The lowest BCUT2D eigenvalue weighted by Crippen LogP contribution is -2.34. The number of sulfonamides is 1. The van der Waals surface area contributed by atoms with Crippen molar-refractivity contribution in [1.82, 2.24) is 4.90 Å². The zero-order valence-corrected chi connectivity index (χ0v) is 16.7. The van der Waals surface area contributed by atoms with E-state index < -0.39 is 10.0 Å². The Labute approximate surface area is 163 Å². The van der Waals surface area contributed by atoms with Gasteiger partial charge in [-0.25, -0.2) is 8.42 Å². The van der Waals surface area contributed by atoms with Gasteiger partial charge >= 0.3 is 0 Å². The number of nitrogens with zero attached hydrogens (tertiary/aromatic N) is 1. The molecule has 1 N–H and O–H groups in total. The van der Waals surface area contributed by atoms with Crippen molar-refractivity contribution in [1.29, 1.82) is 0 Å². The van der Waals surface area contributed by atoms with E-state index in [2.05, 4.69) is 4.72 Å². The molecule has 1 heterocycles. The number of hydrogen-bond donors (Lipinski definition) is 1. The molecule has 26 heavy (non-hydrogen) atoms. The standard InChI is InChI=1S/C18H18Cl2N2O3S/c1-11-7-18(17(20)9-16(11)19)26(24,25)21-15-4-3-13-5-6-22(12(2)23)10-14(13)8-15/h3-4,7-9,21H,5-6,10H2,1-2H3. The average molecular weight is 413 g/mol. The molecule has 138 valence electrons. The van der Waals surface area contributed by atoms with E-state index in [1.54, 1.807) is 24.0 Å². The largest absolute Gasteiger partial charge is 0.338 e. The molecule has 5 nitrogen and oxygen atoms in total. The minimum absolute atomic E-state index is 0.00468. The minimum atomic E-state index is -3.86. The van der Waals surface area contributed by atoms with E-state index in [9.17, 15) is 13.2 Å². The first-order valence-electron chi connectivity index (χ1n) is 8.03. The van der Waals surface area contributed by atoms with E-state index in [1.807, 2.05) is 6.07 Å². The smallest absolute Gasteiger partial charge is 0.263 e. The van der Waals surface area contributed by atoms with Gasteiger partial charge in [0.2, 0.25) is 5.91 Å². The molecule has 1 aliphatic heterocycles. The zero-order valence-electron chi connectivity index (χ0n) is 14.3. The summed E-state index contributed by atoms with van der Waals surface area (Å²) in [4.78, 5) is 13.3. The van der Waals surface area contributed by atoms with Crippen molar-refractivity contribution in [2.45, 2.75) is 31.7 Å². The van der Waals surface area contributed by atoms with E-state index in [0.717, 1.165) is 17.5 Å². The summed E-state index contributed by atoms with van der Waals surface area (Å²) in [5.41, 5.74) is 3.10. The van der Waals surface area contributed by atoms with Gasteiger partial charge in [0.15, 0.2) is 0 Å².